The predicted molar refractivity (Wildman–Crippen MR) is 140 cm³/mol. The first-order chi connectivity index (χ1) is 17.2. The monoisotopic (exact) mass is 525 g/mol. The number of fused-ring (bicyclic) bond motifs is 2. The van der Waals surface area contributed by atoms with Crippen molar-refractivity contribution in [3.8, 4) is 11.4 Å². The highest BCUT2D eigenvalue weighted by atomic mass is 35.5. The highest BCUT2D eigenvalue weighted by molar-refractivity contribution is 7.90. The number of halogens is 1. The molecule has 36 heavy (non-hydrogen) atoms. The zero-order valence-corrected chi connectivity index (χ0v) is 21.3. The summed E-state index contributed by atoms with van der Waals surface area (Å²) >= 11 is 6.20. The molecule has 0 amide bonds. The first kappa shape index (κ1) is 24.1. The number of hydrogen-bond acceptors (Lipinski definition) is 6. The van der Waals surface area contributed by atoms with Gasteiger partial charge in [0.25, 0.3) is 0 Å². The fraction of sp³-hybridized carbons (Fsp3) is 0.240. The molecular formula is C25H24ClN5O4S. The van der Waals surface area contributed by atoms with Crippen LogP contribution < -0.4 is 10.4 Å². The fourth-order valence-electron chi connectivity index (χ4n) is 4.39. The van der Waals surface area contributed by atoms with Gasteiger partial charge in [-0.3, -0.25) is 14.1 Å². The summed E-state index contributed by atoms with van der Waals surface area (Å²) in [6, 6.07) is 14.5. The lowest BCUT2D eigenvalue weighted by Crippen LogP contribution is -2.25. The Morgan fingerprint density at radius 3 is 2.50 bits per heavy atom. The number of pyridine rings is 1. The highest BCUT2D eigenvalue weighted by Crippen LogP contribution is 2.24. The number of ether oxygens (including phenoxy) is 1. The molecular weight excluding hydrogens is 502 g/mol. The Labute approximate surface area is 212 Å². The van der Waals surface area contributed by atoms with E-state index in [1.54, 1.807) is 59.0 Å². The van der Waals surface area contributed by atoms with E-state index in [-0.39, 0.29) is 18.0 Å². The van der Waals surface area contributed by atoms with Crippen molar-refractivity contribution in [2.45, 2.75) is 19.5 Å². The molecule has 0 bridgehead atoms. The van der Waals surface area contributed by atoms with Gasteiger partial charge in [-0.15, -0.1) is 0 Å². The average molecular weight is 526 g/mol. The topological polar surface area (TPSA) is 101 Å². The number of imidazole rings is 2. The van der Waals surface area contributed by atoms with Crippen LogP contribution in [0.25, 0.3) is 27.8 Å². The molecule has 0 saturated carbocycles. The van der Waals surface area contributed by atoms with Crippen molar-refractivity contribution < 1.29 is 13.2 Å². The number of aromatic nitrogens is 5. The van der Waals surface area contributed by atoms with Gasteiger partial charge in [0.1, 0.15) is 21.4 Å². The summed E-state index contributed by atoms with van der Waals surface area (Å²) in [6.07, 6.45) is 4.95. The maximum atomic E-state index is 13.7. The normalized spacial score (nSPS) is 12.0. The third-order valence-corrected chi connectivity index (χ3v) is 7.31. The minimum Gasteiger partial charge on any atom is -0.497 e. The number of nitrogens with zero attached hydrogens (tertiary/aromatic N) is 5. The molecule has 0 atom stereocenters. The average Bonchev–Trinajstić information content (AvgIpc) is 3.32. The van der Waals surface area contributed by atoms with Crippen LogP contribution >= 0.6 is 11.6 Å². The minimum atomic E-state index is -3.11. The third kappa shape index (κ3) is 4.61. The molecule has 186 valence electrons. The molecule has 0 aliphatic carbocycles. The van der Waals surface area contributed by atoms with Crippen LogP contribution in [-0.2, 0) is 22.9 Å². The molecule has 5 rings (SSSR count). The number of benzene rings is 2. The molecule has 0 N–H and O–H groups in total. The van der Waals surface area contributed by atoms with Crippen LogP contribution in [0.1, 0.15) is 12.2 Å². The summed E-state index contributed by atoms with van der Waals surface area (Å²) in [5.41, 5.74) is 3.34. The van der Waals surface area contributed by atoms with Gasteiger partial charge >= 0.3 is 5.69 Å². The summed E-state index contributed by atoms with van der Waals surface area (Å²) in [4.78, 5) is 22.7. The third-order valence-electron chi connectivity index (χ3n) is 6.05. The van der Waals surface area contributed by atoms with Crippen LogP contribution in [0, 0.1) is 0 Å². The molecule has 2 aromatic carbocycles. The summed E-state index contributed by atoms with van der Waals surface area (Å²) in [5.74, 6) is 1.37. The minimum absolute atomic E-state index is 0.0559. The van der Waals surface area contributed by atoms with Gasteiger partial charge < -0.3 is 9.30 Å². The largest absolute Gasteiger partial charge is 0.497 e. The number of hydrogen-bond donors (Lipinski definition) is 0. The van der Waals surface area contributed by atoms with Gasteiger partial charge in [-0.1, -0.05) is 11.6 Å². The molecule has 0 radical (unpaired) electrons. The van der Waals surface area contributed by atoms with Gasteiger partial charge in [0.2, 0.25) is 0 Å². The van der Waals surface area contributed by atoms with Gasteiger partial charge in [0.15, 0.2) is 0 Å². The van der Waals surface area contributed by atoms with Crippen LogP contribution in [0.2, 0.25) is 5.02 Å². The lowest BCUT2D eigenvalue weighted by molar-refractivity contribution is 0.414. The van der Waals surface area contributed by atoms with Gasteiger partial charge in [0.05, 0.1) is 53.4 Å². The summed E-state index contributed by atoms with van der Waals surface area (Å²) in [6.45, 7) is 0.611. The number of aryl methyl sites for hydroxylation is 1. The summed E-state index contributed by atoms with van der Waals surface area (Å²) < 4.78 is 33.9. The van der Waals surface area contributed by atoms with Gasteiger partial charge in [-0.2, -0.15) is 0 Å². The van der Waals surface area contributed by atoms with E-state index in [0.29, 0.717) is 51.8 Å². The Bertz CT molecular complexity index is 1740. The number of rotatable bonds is 8. The Morgan fingerprint density at radius 1 is 1.00 bits per heavy atom. The van der Waals surface area contributed by atoms with Crippen LogP contribution in [0.15, 0.2) is 65.7 Å². The first-order valence-electron chi connectivity index (χ1n) is 11.3. The molecule has 0 aliphatic rings. The van der Waals surface area contributed by atoms with Crippen LogP contribution in [-0.4, -0.2) is 51.2 Å². The van der Waals surface area contributed by atoms with Crippen molar-refractivity contribution in [2.75, 3.05) is 19.1 Å². The molecule has 9 nitrogen and oxygen atoms in total. The smallest absolute Gasteiger partial charge is 0.334 e. The number of sulfone groups is 1. The van der Waals surface area contributed by atoms with Crippen molar-refractivity contribution in [3.05, 3.63) is 82.3 Å². The molecule has 11 heteroatoms. The Balaban J connectivity index is 1.62. The van der Waals surface area contributed by atoms with E-state index in [2.05, 4.69) is 4.98 Å². The van der Waals surface area contributed by atoms with Crippen molar-refractivity contribution in [2.24, 2.45) is 0 Å². The molecule has 3 aromatic heterocycles. The number of methoxy groups -OCH3 is 1. The Morgan fingerprint density at radius 2 is 1.78 bits per heavy atom. The van der Waals surface area contributed by atoms with E-state index in [1.807, 2.05) is 22.8 Å². The zero-order valence-electron chi connectivity index (χ0n) is 19.8. The van der Waals surface area contributed by atoms with Gasteiger partial charge in [-0.05, 0) is 55.0 Å². The van der Waals surface area contributed by atoms with Crippen LogP contribution in [0.5, 0.6) is 5.75 Å². The second kappa shape index (κ2) is 9.44. The Kier molecular flexibility index (Phi) is 6.31. The quantitative estimate of drug-likeness (QED) is 0.306. The van der Waals surface area contributed by atoms with E-state index < -0.39 is 9.84 Å². The van der Waals surface area contributed by atoms with E-state index >= 15 is 0 Å². The summed E-state index contributed by atoms with van der Waals surface area (Å²) in [5, 5.41) is 0.548. The van der Waals surface area contributed by atoms with E-state index in [1.165, 1.54) is 6.26 Å². The maximum absolute atomic E-state index is 13.7. The molecule has 0 fully saturated rings. The fourth-order valence-corrected chi connectivity index (χ4v) is 5.21. The van der Waals surface area contributed by atoms with E-state index in [9.17, 15) is 13.2 Å². The summed E-state index contributed by atoms with van der Waals surface area (Å²) in [7, 11) is -1.52. The van der Waals surface area contributed by atoms with Crippen LogP contribution in [0.4, 0.5) is 0 Å². The second-order valence-corrected chi connectivity index (χ2v) is 11.3. The van der Waals surface area contributed by atoms with Crippen molar-refractivity contribution in [1.82, 2.24) is 23.7 Å². The van der Waals surface area contributed by atoms with Crippen LogP contribution in [0.3, 0.4) is 0 Å². The molecule has 0 saturated heterocycles. The molecule has 5 aromatic rings. The van der Waals surface area contributed by atoms with Gasteiger partial charge in [0, 0.05) is 24.0 Å². The molecule has 3 heterocycles. The first-order valence-corrected chi connectivity index (χ1v) is 13.7. The van der Waals surface area contributed by atoms with Gasteiger partial charge in [-0.25, -0.2) is 18.2 Å². The molecule has 0 aliphatic heterocycles. The van der Waals surface area contributed by atoms with E-state index in [0.717, 1.165) is 5.52 Å². The molecule has 0 spiro atoms. The maximum Gasteiger partial charge on any atom is 0.334 e. The standard InChI is InChI=1S/C25H24ClN5O4S/c1-35-19-7-5-18(6-8-19)31-22-10-11-27-15-23(22)30(25(31)32)16-24-28-20-14-17(26)4-9-21(20)29(24)12-3-13-36(2,33)34/h4-11,14-15H,3,12-13,16H2,1-2H3. The lowest BCUT2D eigenvalue weighted by Gasteiger charge is -2.10. The zero-order chi connectivity index (χ0) is 25.4. The highest BCUT2D eigenvalue weighted by Gasteiger charge is 2.19. The lowest BCUT2D eigenvalue weighted by atomic mass is 10.3. The van der Waals surface area contributed by atoms with Crippen molar-refractivity contribution in [3.63, 3.8) is 0 Å². The SMILES string of the molecule is COc1ccc(-n2c(=O)n(Cc3nc4cc(Cl)ccc4n3CCCS(C)(=O)=O)c3cnccc32)cc1. The van der Waals surface area contributed by atoms with Crippen molar-refractivity contribution >= 4 is 43.5 Å². The van der Waals surface area contributed by atoms with E-state index in [4.69, 9.17) is 21.3 Å². The Hall–Kier alpha value is -3.63. The van der Waals surface area contributed by atoms with Crippen molar-refractivity contribution in [1.29, 1.82) is 0 Å². The molecule has 0 unspecified atom stereocenters. The second-order valence-electron chi connectivity index (χ2n) is 8.56. The predicted octanol–water partition coefficient (Wildman–Crippen LogP) is 3.68.